The summed E-state index contributed by atoms with van der Waals surface area (Å²) in [5, 5.41) is 13.7. The van der Waals surface area contributed by atoms with Gasteiger partial charge in [-0.1, -0.05) is 42.5 Å². The van der Waals surface area contributed by atoms with Gasteiger partial charge in [-0.2, -0.15) is 5.10 Å². The van der Waals surface area contributed by atoms with Crippen molar-refractivity contribution in [2.24, 2.45) is 5.73 Å². The van der Waals surface area contributed by atoms with Crippen molar-refractivity contribution in [3.63, 3.8) is 0 Å². The molecule has 4 aromatic rings. The fraction of sp³-hybridized carbons (Fsp3) is 0.174. The van der Waals surface area contributed by atoms with Crippen molar-refractivity contribution in [1.29, 1.82) is 0 Å². The fourth-order valence-corrected chi connectivity index (χ4v) is 4.16. The zero-order chi connectivity index (χ0) is 22.0. The lowest BCUT2D eigenvalue weighted by Crippen LogP contribution is -2.40. The van der Waals surface area contributed by atoms with Gasteiger partial charge in [0.2, 0.25) is 0 Å². The Morgan fingerprint density at radius 3 is 2.45 bits per heavy atom. The summed E-state index contributed by atoms with van der Waals surface area (Å²) in [4.78, 5) is 26.6. The van der Waals surface area contributed by atoms with Gasteiger partial charge in [0.05, 0.1) is 15.8 Å². The first-order valence-electron chi connectivity index (χ1n) is 9.83. The van der Waals surface area contributed by atoms with Crippen molar-refractivity contribution in [2.45, 2.75) is 25.9 Å². The van der Waals surface area contributed by atoms with Crippen molar-refractivity contribution < 1.29 is 9.59 Å². The van der Waals surface area contributed by atoms with Gasteiger partial charge < -0.3 is 16.4 Å². The van der Waals surface area contributed by atoms with Crippen LogP contribution in [0.15, 0.2) is 60.7 Å². The van der Waals surface area contributed by atoms with E-state index in [0.717, 1.165) is 11.1 Å². The van der Waals surface area contributed by atoms with Crippen LogP contribution in [-0.2, 0) is 12.1 Å². The van der Waals surface area contributed by atoms with Crippen LogP contribution in [0.25, 0.3) is 10.2 Å². The number of nitrogens with two attached hydrogens (primary N) is 1. The molecular weight excluding hydrogens is 410 g/mol. The Bertz CT molecular complexity index is 1230. The molecule has 0 bridgehead atoms. The molecule has 0 aliphatic heterocycles. The van der Waals surface area contributed by atoms with E-state index in [-0.39, 0.29) is 11.8 Å². The molecule has 0 aliphatic carbocycles. The monoisotopic (exact) mass is 433 g/mol. The lowest BCUT2D eigenvalue weighted by Gasteiger charge is -2.26. The molecule has 2 aromatic heterocycles. The first-order chi connectivity index (χ1) is 14.9. The third-order valence-electron chi connectivity index (χ3n) is 5.09. The summed E-state index contributed by atoms with van der Waals surface area (Å²) in [5.74, 6) is 0.00329. The number of nitrogens with zero attached hydrogens (tertiary/aromatic N) is 1. The Hall–Kier alpha value is -3.49. The van der Waals surface area contributed by atoms with Gasteiger partial charge in [-0.25, -0.2) is 0 Å². The molecule has 2 amide bonds. The number of fused-ring (bicyclic) bond motifs is 1. The van der Waals surface area contributed by atoms with Gasteiger partial charge in [0.1, 0.15) is 10.6 Å². The van der Waals surface area contributed by atoms with Crippen LogP contribution in [0, 0.1) is 0 Å². The number of carbonyl (C=O) groups excluding carboxylic acids is 2. The molecule has 8 heteroatoms. The molecule has 0 fully saturated rings. The van der Waals surface area contributed by atoms with E-state index >= 15 is 0 Å². The molecule has 7 nitrogen and oxygen atoms in total. The number of thiophene rings is 1. The minimum Gasteiger partial charge on any atom is -0.342 e. The van der Waals surface area contributed by atoms with Crippen LogP contribution in [0.4, 0.5) is 5.82 Å². The van der Waals surface area contributed by atoms with E-state index in [1.807, 2.05) is 56.3 Å². The van der Waals surface area contributed by atoms with Gasteiger partial charge in [-0.3, -0.25) is 14.7 Å². The van der Waals surface area contributed by atoms with Gasteiger partial charge in [-0.15, -0.1) is 11.3 Å². The second kappa shape index (κ2) is 8.33. The zero-order valence-electron chi connectivity index (χ0n) is 17.2. The summed E-state index contributed by atoms with van der Waals surface area (Å²) in [6.45, 7) is 4.34. The van der Waals surface area contributed by atoms with Crippen LogP contribution in [-0.4, -0.2) is 22.0 Å². The molecule has 4 rings (SSSR count). The van der Waals surface area contributed by atoms with E-state index in [4.69, 9.17) is 5.73 Å². The third kappa shape index (κ3) is 4.35. The average molecular weight is 434 g/mol. The maximum absolute atomic E-state index is 12.9. The summed E-state index contributed by atoms with van der Waals surface area (Å²) < 4.78 is 0. The number of carbonyl (C=O) groups is 2. The Kier molecular flexibility index (Phi) is 5.58. The van der Waals surface area contributed by atoms with E-state index in [0.29, 0.717) is 33.0 Å². The van der Waals surface area contributed by atoms with Crippen LogP contribution in [0.5, 0.6) is 0 Å². The number of rotatable bonds is 6. The van der Waals surface area contributed by atoms with Gasteiger partial charge in [0, 0.05) is 12.1 Å². The molecule has 2 aromatic carbocycles. The van der Waals surface area contributed by atoms with Gasteiger partial charge in [-0.05, 0) is 43.2 Å². The number of benzene rings is 2. The maximum Gasteiger partial charge on any atom is 0.262 e. The van der Waals surface area contributed by atoms with E-state index in [2.05, 4.69) is 20.8 Å². The third-order valence-corrected chi connectivity index (χ3v) is 6.11. The largest absolute Gasteiger partial charge is 0.342 e. The first kappa shape index (κ1) is 20.8. The molecule has 31 heavy (non-hydrogen) atoms. The molecule has 158 valence electrons. The van der Waals surface area contributed by atoms with E-state index in [1.165, 1.54) is 11.3 Å². The lowest BCUT2D eigenvalue weighted by atomic mass is 9.94. The Labute approximate surface area is 183 Å². The highest BCUT2D eigenvalue weighted by atomic mass is 32.1. The van der Waals surface area contributed by atoms with Crippen molar-refractivity contribution in [3.05, 3.63) is 82.2 Å². The number of aromatic nitrogens is 2. The molecule has 0 spiro atoms. The number of hydrogen-bond acceptors (Lipinski definition) is 5. The van der Waals surface area contributed by atoms with E-state index in [9.17, 15) is 9.59 Å². The van der Waals surface area contributed by atoms with E-state index in [1.54, 1.807) is 18.2 Å². The summed E-state index contributed by atoms with van der Waals surface area (Å²) >= 11 is 1.27. The summed E-state index contributed by atoms with van der Waals surface area (Å²) in [6.07, 6.45) is 0. The maximum atomic E-state index is 12.9. The summed E-state index contributed by atoms with van der Waals surface area (Å²) in [6, 6.07) is 18.6. The van der Waals surface area contributed by atoms with Crippen molar-refractivity contribution in [2.75, 3.05) is 5.32 Å². The van der Waals surface area contributed by atoms with Crippen LogP contribution >= 0.6 is 11.3 Å². The zero-order valence-corrected chi connectivity index (χ0v) is 18.0. The molecule has 0 unspecified atom stereocenters. The van der Waals surface area contributed by atoms with Crippen LogP contribution in [0.2, 0.25) is 0 Å². The number of hydrogen-bond donors (Lipinski definition) is 4. The molecule has 0 aliphatic rings. The smallest absolute Gasteiger partial charge is 0.262 e. The van der Waals surface area contributed by atoms with Crippen molar-refractivity contribution in [3.8, 4) is 0 Å². The Morgan fingerprint density at radius 1 is 1.06 bits per heavy atom. The second-order valence-corrected chi connectivity index (χ2v) is 8.76. The minimum atomic E-state index is -0.529. The predicted molar refractivity (Wildman–Crippen MR) is 123 cm³/mol. The molecule has 0 radical (unpaired) electrons. The number of anilines is 1. The van der Waals surface area contributed by atoms with Crippen molar-refractivity contribution >= 4 is 39.2 Å². The molecule has 0 atom stereocenters. The highest BCUT2D eigenvalue weighted by molar-refractivity contribution is 7.20. The fourth-order valence-electron chi connectivity index (χ4n) is 3.27. The van der Waals surface area contributed by atoms with Crippen molar-refractivity contribution in [1.82, 2.24) is 15.5 Å². The van der Waals surface area contributed by atoms with Crippen LogP contribution in [0.1, 0.15) is 45.0 Å². The molecular formula is C23H23N5O2S. The van der Waals surface area contributed by atoms with E-state index < -0.39 is 5.54 Å². The second-order valence-electron chi connectivity index (χ2n) is 7.73. The summed E-state index contributed by atoms with van der Waals surface area (Å²) in [7, 11) is 0. The van der Waals surface area contributed by atoms with Gasteiger partial charge in [0.25, 0.3) is 11.8 Å². The Balaban J connectivity index is 1.51. The highest BCUT2D eigenvalue weighted by Gasteiger charge is 2.25. The summed E-state index contributed by atoms with van der Waals surface area (Å²) in [5.41, 5.74) is 7.55. The first-order valence-corrected chi connectivity index (χ1v) is 10.7. The lowest BCUT2D eigenvalue weighted by molar-refractivity contribution is 0.0915. The normalized spacial score (nSPS) is 11.5. The number of nitrogens with one attached hydrogen (secondary N) is 3. The van der Waals surface area contributed by atoms with Gasteiger partial charge in [0.15, 0.2) is 0 Å². The standard InChI is InChI=1S/C23H23N5O2S/c1-23(2,16-6-4-3-5-7-16)26-21(30)18-12-17-19(27-28-22(17)31-18)25-20(29)15-10-8-14(13-24)9-11-15/h3-12H,13,24H2,1-2H3,(H,26,30)(H2,25,27,28,29). The topological polar surface area (TPSA) is 113 Å². The average Bonchev–Trinajstić information content (AvgIpc) is 3.36. The quantitative estimate of drug-likeness (QED) is 0.368. The minimum absolute atomic E-state index is 0.188. The molecule has 0 saturated heterocycles. The molecule has 0 saturated carbocycles. The number of aromatic amines is 1. The molecule has 2 heterocycles. The van der Waals surface area contributed by atoms with Crippen LogP contribution in [0.3, 0.4) is 0 Å². The highest BCUT2D eigenvalue weighted by Crippen LogP contribution is 2.30. The van der Waals surface area contributed by atoms with Crippen LogP contribution < -0.4 is 16.4 Å². The van der Waals surface area contributed by atoms with Gasteiger partial charge >= 0.3 is 0 Å². The number of amides is 2. The SMILES string of the molecule is CC(C)(NC(=O)c1cc2c(NC(=O)c3ccc(CN)cc3)[nH]nc2s1)c1ccccc1. The number of H-pyrrole nitrogens is 1. The predicted octanol–water partition coefficient (Wildman–Crippen LogP) is 4.00. The molecule has 5 N–H and O–H groups in total. The Morgan fingerprint density at radius 2 is 1.77 bits per heavy atom.